The van der Waals surface area contributed by atoms with Crippen molar-refractivity contribution in [3.63, 3.8) is 0 Å². The normalized spacial score (nSPS) is 12.1. The van der Waals surface area contributed by atoms with Gasteiger partial charge in [0.25, 0.3) is 0 Å². The van der Waals surface area contributed by atoms with Crippen molar-refractivity contribution < 1.29 is 65.4 Å². The number of rotatable bonds is 25. The number of aliphatic carboxylic acids is 1. The molecule has 0 aliphatic heterocycles. The molecule has 6 rings (SSSR count). The number of aliphatic hydroxyl groups is 1. The van der Waals surface area contributed by atoms with Crippen molar-refractivity contribution in [2.45, 2.75) is 151 Å². The standard InChI is InChI=1S/C27H38FN5O5Si.C26H36FN5O6SSi.C3H8O/c1-17(2)38-26-31-24(32-33(26)16-36-9-10-39(6,7)8)23-21(28)12-19(13-30-23)20-14-29-22(11-18(20)3)37-15-27(4,5)25(34)35;1-17-11-21(38-15-26(2,3)24(33)36-4)28-14-19(17)18-12-20(27)22(29-13-18)23-30-25(39(5,34)35)32(31-23)16-37-9-10-40(6,7)8;1-3(2)4/h11-14,17H,9-10,15-16H2,1-8H3,(H,34,35);11-14H,9-10,15-16H2,1-8H3;3-4H,1-2H3. The molecular formula is C56H82F2N10O12SSi2. The number of halogens is 2. The molecule has 27 heteroatoms. The van der Waals surface area contributed by atoms with Gasteiger partial charge in [0.15, 0.2) is 11.6 Å². The van der Waals surface area contributed by atoms with Gasteiger partial charge < -0.3 is 38.6 Å². The van der Waals surface area contributed by atoms with Crippen LogP contribution >= 0.6 is 0 Å². The Labute approximate surface area is 487 Å². The lowest BCUT2D eigenvalue weighted by molar-refractivity contribution is -0.152. The molecule has 0 unspecified atom stereocenters. The molecule has 0 saturated heterocycles. The number of hydrogen-bond donors (Lipinski definition) is 2. The van der Waals surface area contributed by atoms with Gasteiger partial charge in [-0.05, 0) is 105 Å². The molecule has 83 heavy (non-hydrogen) atoms. The van der Waals surface area contributed by atoms with E-state index in [9.17, 15) is 23.1 Å². The maximum absolute atomic E-state index is 15.3. The van der Waals surface area contributed by atoms with E-state index in [1.54, 1.807) is 59.9 Å². The largest absolute Gasteiger partial charge is 0.481 e. The third kappa shape index (κ3) is 21.5. The van der Waals surface area contributed by atoms with Gasteiger partial charge >= 0.3 is 17.9 Å². The van der Waals surface area contributed by atoms with E-state index in [0.717, 1.165) is 34.2 Å². The molecule has 0 aromatic carbocycles. The zero-order valence-corrected chi connectivity index (χ0v) is 53.9. The average molecular weight is 1210 g/mol. The summed E-state index contributed by atoms with van der Waals surface area (Å²) in [6, 6.07) is 8.12. The number of aryl methyl sites for hydroxylation is 2. The molecule has 0 radical (unpaired) electrons. The van der Waals surface area contributed by atoms with Crippen molar-refractivity contribution in [1.82, 2.24) is 49.5 Å². The number of hydrogen-bond acceptors (Lipinski definition) is 19. The molecule has 0 bridgehead atoms. The number of ether oxygens (including phenoxy) is 6. The second-order valence-electron chi connectivity index (χ2n) is 24.1. The van der Waals surface area contributed by atoms with Crippen molar-refractivity contribution in [2.75, 3.05) is 39.8 Å². The third-order valence-electron chi connectivity index (χ3n) is 11.7. The summed E-state index contributed by atoms with van der Waals surface area (Å²) in [6.45, 7) is 31.9. The number of methoxy groups -OCH3 is 1. The number of carboxylic acid groups (broad SMARTS) is 1. The first kappa shape index (κ1) is 68.8. The second-order valence-corrected chi connectivity index (χ2v) is 37.2. The molecule has 0 aliphatic carbocycles. The minimum absolute atomic E-state index is 0.00493. The quantitative estimate of drug-likeness (QED) is 0.0306. The van der Waals surface area contributed by atoms with Gasteiger partial charge in [-0.1, -0.05) is 39.3 Å². The fourth-order valence-corrected chi connectivity index (χ4v) is 9.13. The van der Waals surface area contributed by atoms with Crippen LogP contribution in [0.3, 0.4) is 0 Å². The molecule has 6 heterocycles. The van der Waals surface area contributed by atoms with Crippen molar-refractivity contribution in [2.24, 2.45) is 10.8 Å². The van der Waals surface area contributed by atoms with Crippen LogP contribution in [0, 0.1) is 36.3 Å². The Bertz CT molecular complexity index is 3270. The first-order chi connectivity index (χ1) is 38.4. The highest BCUT2D eigenvalue weighted by molar-refractivity contribution is 7.90. The SMILES string of the molecule is CC(C)O.COC(=O)C(C)(C)COc1cc(C)c(-c2cnc(-c3nc(S(C)(=O)=O)n(COCC[Si](C)(C)C)n3)c(F)c2)cn1.Cc1cc(OCC(C)(C)C(=O)O)ncc1-c1cnc(-c2nc(OC(C)C)n(COCC[Si](C)(C)C)n2)c(F)c1. The summed E-state index contributed by atoms with van der Waals surface area (Å²) in [5.74, 6) is -2.16. The molecule has 6 aromatic heterocycles. The van der Waals surface area contributed by atoms with Gasteiger partial charge in [0.05, 0.1) is 24.0 Å². The van der Waals surface area contributed by atoms with Gasteiger partial charge in [0.2, 0.25) is 38.4 Å². The highest BCUT2D eigenvalue weighted by Gasteiger charge is 2.31. The fraction of sp³-hybridized carbons (Fsp3) is 0.536. The van der Waals surface area contributed by atoms with E-state index >= 15 is 8.78 Å². The van der Waals surface area contributed by atoms with Crippen LogP contribution in [0.1, 0.15) is 66.5 Å². The number of nitrogens with zero attached hydrogens (tertiary/aromatic N) is 10. The highest BCUT2D eigenvalue weighted by atomic mass is 32.2. The maximum Gasteiger partial charge on any atom is 0.317 e. The van der Waals surface area contributed by atoms with E-state index in [1.807, 2.05) is 27.7 Å². The zero-order chi connectivity index (χ0) is 62.4. The lowest BCUT2D eigenvalue weighted by atomic mass is 9.95. The van der Waals surface area contributed by atoms with Crippen LogP contribution < -0.4 is 14.2 Å². The van der Waals surface area contributed by atoms with Crippen LogP contribution in [0.4, 0.5) is 8.78 Å². The van der Waals surface area contributed by atoms with E-state index < -0.39 is 60.4 Å². The Balaban J connectivity index is 0.000000335. The number of sulfone groups is 1. The first-order valence-corrected chi connectivity index (χ1v) is 36.1. The second kappa shape index (κ2) is 29.2. The van der Waals surface area contributed by atoms with Crippen LogP contribution in [-0.2, 0) is 47.1 Å². The lowest BCUT2D eigenvalue weighted by Gasteiger charge is -2.21. The van der Waals surface area contributed by atoms with Crippen LogP contribution in [0.25, 0.3) is 45.3 Å². The van der Waals surface area contributed by atoms with Gasteiger partial charge in [0, 0.05) is 101 Å². The summed E-state index contributed by atoms with van der Waals surface area (Å²) < 4.78 is 91.0. The lowest BCUT2D eigenvalue weighted by Crippen LogP contribution is -2.32. The smallest absolute Gasteiger partial charge is 0.317 e. The van der Waals surface area contributed by atoms with Crippen LogP contribution in [0.15, 0.2) is 54.2 Å². The predicted molar refractivity (Wildman–Crippen MR) is 315 cm³/mol. The molecule has 0 atom stereocenters. The maximum atomic E-state index is 15.3. The molecular weight excluding hydrogens is 1130 g/mol. The van der Waals surface area contributed by atoms with Gasteiger partial charge in [-0.15, -0.1) is 10.2 Å². The number of aliphatic hydroxyl groups excluding tert-OH is 1. The Morgan fingerprint density at radius 3 is 1.48 bits per heavy atom. The van der Waals surface area contributed by atoms with E-state index in [-0.39, 0.29) is 79.0 Å². The molecule has 0 spiro atoms. The van der Waals surface area contributed by atoms with Crippen molar-refractivity contribution in [3.05, 3.63) is 71.8 Å². The Kier molecular flexibility index (Phi) is 24.2. The monoisotopic (exact) mass is 1210 g/mol. The summed E-state index contributed by atoms with van der Waals surface area (Å²) in [7, 11) is -5.02. The number of carbonyl (C=O) groups excluding carboxylic acids is 1. The summed E-state index contributed by atoms with van der Waals surface area (Å²) in [5, 5.41) is 25.6. The van der Waals surface area contributed by atoms with Gasteiger partial charge in [-0.2, -0.15) is 14.6 Å². The van der Waals surface area contributed by atoms with Gasteiger partial charge in [0.1, 0.15) is 38.1 Å². The Hall–Kier alpha value is -6.66. The van der Waals surface area contributed by atoms with Crippen molar-refractivity contribution in [3.8, 4) is 63.1 Å². The van der Waals surface area contributed by atoms with Crippen LogP contribution in [-0.4, -0.2) is 148 Å². The number of carboxylic acids is 1. The summed E-state index contributed by atoms with van der Waals surface area (Å²) in [6.07, 6.45) is 6.73. The average Bonchev–Trinajstić information content (AvgIpc) is 4.02. The fourth-order valence-electron chi connectivity index (χ4n) is 6.88. The van der Waals surface area contributed by atoms with E-state index in [2.05, 4.69) is 79.4 Å². The minimum atomic E-state index is -3.76. The summed E-state index contributed by atoms with van der Waals surface area (Å²) in [5.41, 5.74) is 1.65. The van der Waals surface area contributed by atoms with Crippen molar-refractivity contribution in [1.29, 1.82) is 0 Å². The first-order valence-electron chi connectivity index (χ1n) is 26.8. The summed E-state index contributed by atoms with van der Waals surface area (Å²) in [4.78, 5) is 48.7. The highest BCUT2D eigenvalue weighted by Crippen LogP contribution is 2.32. The molecule has 0 aliphatic rings. The van der Waals surface area contributed by atoms with E-state index in [0.29, 0.717) is 41.3 Å². The molecule has 22 nitrogen and oxygen atoms in total. The molecule has 0 saturated carbocycles. The van der Waals surface area contributed by atoms with Crippen LogP contribution in [0.5, 0.6) is 17.8 Å². The molecule has 456 valence electrons. The Morgan fingerprint density at radius 2 is 1.10 bits per heavy atom. The minimum Gasteiger partial charge on any atom is -0.481 e. The topological polar surface area (TPSA) is 277 Å². The van der Waals surface area contributed by atoms with E-state index in [4.69, 9.17) is 33.5 Å². The number of carbonyl (C=O) groups is 2. The van der Waals surface area contributed by atoms with Gasteiger partial charge in [-0.25, -0.2) is 41.8 Å². The Morgan fingerprint density at radius 1 is 0.675 bits per heavy atom. The summed E-state index contributed by atoms with van der Waals surface area (Å²) >= 11 is 0. The van der Waals surface area contributed by atoms with Gasteiger partial charge in [-0.3, -0.25) is 9.59 Å². The number of aromatic nitrogens is 10. The number of pyridine rings is 4. The number of esters is 1. The van der Waals surface area contributed by atoms with Crippen molar-refractivity contribution >= 4 is 37.9 Å². The third-order valence-corrected chi connectivity index (χ3v) is 16.1. The van der Waals surface area contributed by atoms with Crippen LogP contribution in [0.2, 0.25) is 51.4 Å². The molecule has 2 N–H and O–H groups in total. The predicted octanol–water partition coefficient (Wildman–Crippen LogP) is 9.97. The van der Waals surface area contributed by atoms with E-state index in [1.165, 1.54) is 42.5 Å². The molecule has 0 fully saturated rings. The molecule has 0 amide bonds. The molecule has 6 aromatic rings. The zero-order valence-electron chi connectivity index (χ0n) is 51.0.